The van der Waals surface area contributed by atoms with E-state index < -0.39 is 0 Å². The summed E-state index contributed by atoms with van der Waals surface area (Å²) in [4.78, 5) is 17.3. The van der Waals surface area contributed by atoms with Gasteiger partial charge in [0, 0.05) is 0 Å². The maximum Gasteiger partial charge on any atom is 0.228 e. The molecule has 0 aliphatic carbocycles. The monoisotopic (exact) mass is 328 g/mol. The number of H-pyrrole nitrogens is 1. The average molecular weight is 328 g/mol. The summed E-state index contributed by atoms with van der Waals surface area (Å²) < 4.78 is 0. The Labute approximate surface area is 137 Å². The third kappa shape index (κ3) is 3.64. The van der Waals surface area contributed by atoms with Gasteiger partial charge in [0.05, 0.1) is 23.6 Å². The van der Waals surface area contributed by atoms with Crippen molar-refractivity contribution in [2.75, 3.05) is 5.32 Å². The zero-order valence-corrected chi connectivity index (χ0v) is 13.4. The topological polar surface area (TPSA) is 90.9 Å². The number of thiophene rings is 1. The number of nitrogens with zero attached hydrogens (tertiary/aromatic N) is 2. The van der Waals surface area contributed by atoms with Crippen LogP contribution in [0.4, 0.5) is 5.69 Å². The number of nitrogens with one attached hydrogen (secondary N) is 2. The van der Waals surface area contributed by atoms with Gasteiger partial charge in [-0.2, -0.15) is 5.10 Å². The van der Waals surface area contributed by atoms with Crippen LogP contribution >= 0.6 is 11.3 Å². The van der Waals surface area contributed by atoms with Gasteiger partial charge in [0.2, 0.25) is 5.91 Å². The number of hydrogen-bond acceptors (Lipinski definition) is 5. The first-order chi connectivity index (χ1) is 11.2. The fourth-order valence-corrected chi connectivity index (χ4v) is 2.95. The first kappa shape index (κ1) is 15.4. The Balaban J connectivity index is 1.69. The van der Waals surface area contributed by atoms with E-state index in [1.165, 1.54) is 11.3 Å². The zero-order chi connectivity index (χ0) is 16.2. The lowest BCUT2D eigenvalue weighted by Gasteiger charge is -2.06. The highest BCUT2D eigenvalue weighted by molar-refractivity contribution is 7.14. The number of rotatable bonds is 5. The van der Waals surface area contributed by atoms with Crippen molar-refractivity contribution >= 4 is 22.9 Å². The van der Waals surface area contributed by atoms with E-state index in [1.54, 1.807) is 0 Å². The molecule has 0 atom stereocenters. The number of aliphatic hydroxyl groups excluding tert-OH is 1. The summed E-state index contributed by atoms with van der Waals surface area (Å²) in [6.07, 6.45) is 0.272. The Hall–Kier alpha value is -2.51. The molecule has 0 aliphatic heterocycles. The van der Waals surface area contributed by atoms with E-state index in [1.807, 2.05) is 42.6 Å². The van der Waals surface area contributed by atoms with Gasteiger partial charge in [-0.15, -0.1) is 11.3 Å². The van der Waals surface area contributed by atoms with Crippen LogP contribution in [0, 0.1) is 6.92 Å². The third-order valence-corrected chi connectivity index (χ3v) is 4.22. The van der Waals surface area contributed by atoms with Gasteiger partial charge < -0.3 is 10.4 Å². The Morgan fingerprint density at radius 1 is 1.26 bits per heavy atom. The number of aromatic amines is 1. The van der Waals surface area contributed by atoms with Crippen LogP contribution in [0.15, 0.2) is 35.7 Å². The smallest absolute Gasteiger partial charge is 0.228 e. The van der Waals surface area contributed by atoms with Crippen LogP contribution in [0.3, 0.4) is 0 Å². The van der Waals surface area contributed by atoms with Crippen LogP contribution in [0.5, 0.6) is 0 Å². The van der Waals surface area contributed by atoms with Gasteiger partial charge in [-0.25, -0.2) is 4.98 Å². The molecule has 2 heterocycles. The molecule has 0 spiro atoms. The summed E-state index contributed by atoms with van der Waals surface area (Å²) in [5.41, 5.74) is 2.44. The predicted octanol–water partition coefficient (Wildman–Crippen LogP) is 2.52. The number of hydrogen-bond donors (Lipinski definition) is 3. The normalized spacial score (nSPS) is 10.7. The molecular formula is C16H16N4O2S. The maximum absolute atomic E-state index is 12.2. The molecule has 0 saturated heterocycles. The van der Waals surface area contributed by atoms with Gasteiger partial charge >= 0.3 is 0 Å². The van der Waals surface area contributed by atoms with E-state index in [-0.39, 0.29) is 18.9 Å². The van der Waals surface area contributed by atoms with Crippen LogP contribution in [-0.4, -0.2) is 26.2 Å². The van der Waals surface area contributed by atoms with Crippen LogP contribution < -0.4 is 5.32 Å². The summed E-state index contributed by atoms with van der Waals surface area (Å²) in [5, 5.41) is 20.8. The molecule has 0 aliphatic rings. The molecule has 7 heteroatoms. The second-order valence-corrected chi connectivity index (χ2v) is 6.02. The molecule has 0 saturated carbocycles. The molecule has 6 nitrogen and oxygen atoms in total. The Bertz CT molecular complexity index is 808. The Morgan fingerprint density at radius 2 is 2.00 bits per heavy atom. The second-order valence-electron chi connectivity index (χ2n) is 5.11. The predicted molar refractivity (Wildman–Crippen MR) is 89.1 cm³/mol. The van der Waals surface area contributed by atoms with Crippen molar-refractivity contribution < 1.29 is 9.90 Å². The fraction of sp³-hybridized carbons (Fsp3) is 0.188. The minimum absolute atomic E-state index is 0.000815. The molecule has 0 unspecified atom stereocenters. The van der Waals surface area contributed by atoms with Gasteiger partial charge in [-0.05, 0) is 29.5 Å². The molecular weight excluding hydrogens is 312 g/mol. The molecule has 1 aromatic carbocycles. The summed E-state index contributed by atoms with van der Waals surface area (Å²) in [6, 6.07) is 9.17. The summed E-state index contributed by atoms with van der Waals surface area (Å²) in [5.74, 6) is 1.21. The van der Waals surface area contributed by atoms with E-state index >= 15 is 0 Å². The number of amides is 1. The zero-order valence-electron chi connectivity index (χ0n) is 12.5. The molecule has 3 aromatic rings. The lowest BCUT2D eigenvalue weighted by Crippen LogP contribution is -2.14. The Morgan fingerprint density at radius 3 is 2.65 bits per heavy atom. The summed E-state index contributed by atoms with van der Waals surface area (Å²) >= 11 is 1.48. The molecule has 118 valence electrons. The molecule has 0 radical (unpaired) electrons. The fourth-order valence-electron chi connectivity index (χ4n) is 2.17. The van der Waals surface area contributed by atoms with E-state index in [4.69, 9.17) is 5.11 Å². The number of carbonyl (C=O) groups is 1. The lowest BCUT2D eigenvalue weighted by molar-refractivity contribution is -0.115. The van der Waals surface area contributed by atoms with Gasteiger partial charge in [0.1, 0.15) is 5.82 Å². The molecule has 1 amide bonds. The number of anilines is 1. The average Bonchev–Trinajstić information content (AvgIpc) is 3.16. The number of carbonyl (C=O) groups excluding carboxylic acids is 1. The van der Waals surface area contributed by atoms with Crippen molar-refractivity contribution in [3.05, 3.63) is 52.7 Å². The quantitative estimate of drug-likeness (QED) is 0.671. The Kier molecular flexibility index (Phi) is 4.50. The van der Waals surface area contributed by atoms with E-state index in [0.717, 1.165) is 21.8 Å². The van der Waals surface area contributed by atoms with E-state index in [0.29, 0.717) is 11.5 Å². The highest BCUT2D eigenvalue weighted by atomic mass is 32.1. The van der Waals surface area contributed by atoms with Crippen LogP contribution in [0.1, 0.15) is 17.0 Å². The van der Waals surface area contributed by atoms with Gasteiger partial charge in [0.15, 0.2) is 5.82 Å². The first-order valence-electron chi connectivity index (χ1n) is 7.11. The van der Waals surface area contributed by atoms with Crippen molar-refractivity contribution in [2.45, 2.75) is 20.0 Å². The SMILES string of the molecule is Cc1nc(-c2sccc2NC(=O)Cc2ccc(CO)cc2)n[nH]1. The summed E-state index contributed by atoms with van der Waals surface area (Å²) in [7, 11) is 0. The van der Waals surface area contributed by atoms with Crippen molar-refractivity contribution in [2.24, 2.45) is 0 Å². The number of aromatic nitrogens is 3. The first-order valence-corrected chi connectivity index (χ1v) is 7.99. The van der Waals surface area contributed by atoms with Crippen molar-refractivity contribution in [3.8, 4) is 10.7 Å². The van der Waals surface area contributed by atoms with E-state index in [9.17, 15) is 4.79 Å². The van der Waals surface area contributed by atoms with Gasteiger partial charge in [-0.3, -0.25) is 9.89 Å². The van der Waals surface area contributed by atoms with Crippen LogP contribution in [0.25, 0.3) is 10.7 Å². The third-order valence-electron chi connectivity index (χ3n) is 3.31. The largest absolute Gasteiger partial charge is 0.392 e. The molecule has 23 heavy (non-hydrogen) atoms. The van der Waals surface area contributed by atoms with Crippen molar-refractivity contribution in [1.82, 2.24) is 15.2 Å². The standard InChI is InChI=1S/C16H16N4O2S/c1-10-17-16(20-19-10)15-13(6-7-23-15)18-14(22)8-11-2-4-12(9-21)5-3-11/h2-7,21H,8-9H2,1H3,(H,18,22)(H,17,19,20). The number of aliphatic hydroxyl groups is 1. The van der Waals surface area contributed by atoms with Gasteiger partial charge in [-0.1, -0.05) is 24.3 Å². The molecule has 3 N–H and O–H groups in total. The highest BCUT2D eigenvalue weighted by Crippen LogP contribution is 2.31. The highest BCUT2D eigenvalue weighted by Gasteiger charge is 2.14. The van der Waals surface area contributed by atoms with Crippen molar-refractivity contribution in [3.63, 3.8) is 0 Å². The second kappa shape index (κ2) is 6.72. The summed E-state index contributed by atoms with van der Waals surface area (Å²) in [6.45, 7) is 1.83. The van der Waals surface area contributed by atoms with Crippen molar-refractivity contribution in [1.29, 1.82) is 0 Å². The molecule has 0 bridgehead atoms. The van der Waals surface area contributed by atoms with Crippen LogP contribution in [0.2, 0.25) is 0 Å². The molecule has 0 fully saturated rings. The molecule has 3 rings (SSSR count). The van der Waals surface area contributed by atoms with Gasteiger partial charge in [0.25, 0.3) is 0 Å². The number of aryl methyl sites for hydroxylation is 1. The van der Waals surface area contributed by atoms with E-state index in [2.05, 4.69) is 20.5 Å². The maximum atomic E-state index is 12.2. The minimum atomic E-state index is -0.103. The number of benzene rings is 1. The minimum Gasteiger partial charge on any atom is -0.392 e. The molecule has 2 aromatic heterocycles. The lowest BCUT2D eigenvalue weighted by atomic mass is 10.1. The van der Waals surface area contributed by atoms with Crippen LogP contribution in [-0.2, 0) is 17.8 Å².